The second-order valence-electron chi connectivity index (χ2n) is 4.99. The van der Waals surface area contributed by atoms with Crippen LogP contribution in [0.3, 0.4) is 0 Å². The predicted molar refractivity (Wildman–Crippen MR) is 81.8 cm³/mol. The van der Waals surface area contributed by atoms with E-state index in [0.29, 0.717) is 28.6 Å². The molecule has 0 spiro atoms. The van der Waals surface area contributed by atoms with Gasteiger partial charge in [-0.25, -0.2) is 0 Å². The van der Waals surface area contributed by atoms with Crippen LogP contribution < -0.4 is 15.0 Å². The molecule has 0 bridgehead atoms. The molecule has 2 amide bonds. The highest BCUT2D eigenvalue weighted by atomic mass is 35.5. The van der Waals surface area contributed by atoms with Crippen molar-refractivity contribution in [1.82, 2.24) is 5.32 Å². The molecule has 1 aromatic carbocycles. The summed E-state index contributed by atoms with van der Waals surface area (Å²) >= 11 is 6.26. The van der Waals surface area contributed by atoms with Crippen molar-refractivity contribution >= 4 is 29.1 Å². The highest BCUT2D eigenvalue weighted by Gasteiger charge is 2.41. The van der Waals surface area contributed by atoms with Crippen LogP contribution in [0.4, 0.5) is 5.69 Å². The Kier molecular flexibility index (Phi) is 4.73. The molecule has 0 unspecified atom stereocenters. The fourth-order valence-electron chi connectivity index (χ4n) is 2.55. The fraction of sp³-hybridized carbons (Fsp3) is 0.467. The van der Waals surface area contributed by atoms with E-state index in [1.165, 1.54) is 6.92 Å². The first-order chi connectivity index (χ1) is 10.0. The van der Waals surface area contributed by atoms with Crippen LogP contribution in [0.25, 0.3) is 0 Å². The number of hydrogen-bond donors (Lipinski definition) is 1. The Bertz CT molecular complexity index is 574. The average Bonchev–Trinajstić information content (AvgIpc) is 2.71. The normalized spacial score (nSPS) is 16.9. The number of nitrogens with zero attached hydrogens (tertiary/aromatic N) is 1. The molecule has 114 valence electrons. The Hall–Kier alpha value is -1.75. The first kappa shape index (κ1) is 15.6. The first-order valence-electron chi connectivity index (χ1n) is 6.96. The van der Waals surface area contributed by atoms with Gasteiger partial charge in [0, 0.05) is 24.1 Å². The van der Waals surface area contributed by atoms with E-state index < -0.39 is 6.04 Å². The Labute approximate surface area is 129 Å². The van der Waals surface area contributed by atoms with E-state index in [1.807, 2.05) is 0 Å². The van der Waals surface area contributed by atoms with Gasteiger partial charge in [-0.3, -0.25) is 9.59 Å². The number of amides is 2. The molecule has 6 heteroatoms. The molecule has 1 atom stereocenters. The summed E-state index contributed by atoms with van der Waals surface area (Å²) in [5.41, 5.74) is 1.29. The second-order valence-corrected chi connectivity index (χ2v) is 5.40. The molecule has 1 heterocycles. The number of rotatable bonds is 5. The Balaban J connectivity index is 2.53. The quantitative estimate of drug-likeness (QED) is 0.909. The van der Waals surface area contributed by atoms with E-state index in [9.17, 15) is 9.59 Å². The van der Waals surface area contributed by atoms with Gasteiger partial charge in [-0.05, 0) is 18.6 Å². The van der Waals surface area contributed by atoms with Crippen LogP contribution in [0.1, 0.15) is 38.3 Å². The monoisotopic (exact) mass is 310 g/mol. The summed E-state index contributed by atoms with van der Waals surface area (Å²) < 4.78 is 5.36. The molecule has 0 aromatic heterocycles. The summed E-state index contributed by atoms with van der Waals surface area (Å²) in [4.78, 5) is 25.7. The number of fused-ring (bicyclic) bond motifs is 1. The lowest BCUT2D eigenvalue weighted by Gasteiger charge is -2.19. The summed E-state index contributed by atoms with van der Waals surface area (Å²) in [6, 6.07) is 2.69. The standard InChI is InChI=1S/C15H19ClN2O3/c1-4-5-8-18-14-11(21-3)7-6-10(16)12(14)13(15(18)20)17-9(2)19/h6-7,13H,4-5,8H2,1-3H3,(H,17,19)/t13-/m0/s1. The number of methoxy groups -OCH3 is 1. The van der Waals surface area contributed by atoms with Crippen LogP contribution in [0.5, 0.6) is 5.75 Å². The smallest absolute Gasteiger partial charge is 0.254 e. The van der Waals surface area contributed by atoms with Gasteiger partial charge >= 0.3 is 0 Å². The summed E-state index contributed by atoms with van der Waals surface area (Å²) in [5.74, 6) is 0.155. The van der Waals surface area contributed by atoms with E-state index >= 15 is 0 Å². The highest BCUT2D eigenvalue weighted by molar-refractivity contribution is 6.33. The number of carbonyl (C=O) groups is 2. The molecule has 1 N–H and O–H groups in total. The van der Waals surface area contributed by atoms with E-state index in [0.717, 1.165) is 12.8 Å². The second kappa shape index (κ2) is 6.35. The number of anilines is 1. The Morgan fingerprint density at radius 2 is 2.19 bits per heavy atom. The largest absolute Gasteiger partial charge is 0.495 e. The molecule has 0 radical (unpaired) electrons. The number of ether oxygens (including phenoxy) is 1. The van der Waals surface area contributed by atoms with Crippen molar-refractivity contribution in [3.8, 4) is 5.75 Å². The van der Waals surface area contributed by atoms with Gasteiger partial charge in [-0.15, -0.1) is 0 Å². The van der Waals surface area contributed by atoms with Crippen LogP contribution in [0.15, 0.2) is 12.1 Å². The van der Waals surface area contributed by atoms with Crippen LogP contribution in [-0.4, -0.2) is 25.5 Å². The van der Waals surface area contributed by atoms with Crippen molar-refractivity contribution in [2.45, 2.75) is 32.7 Å². The van der Waals surface area contributed by atoms with Crippen molar-refractivity contribution in [3.05, 3.63) is 22.7 Å². The molecule has 1 aliphatic heterocycles. The molecule has 0 aliphatic carbocycles. The maximum Gasteiger partial charge on any atom is 0.254 e. The Morgan fingerprint density at radius 3 is 2.76 bits per heavy atom. The van der Waals surface area contributed by atoms with Gasteiger partial charge in [-0.1, -0.05) is 24.9 Å². The van der Waals surface area contributed by atoms with Crippen LogP contribution >= 0.6 is 11.6 Å². The molecule has 0 saturated heterocycles. The molecule has 1 aliphatic rings. The lowest BCUT2D eigenvalue weighted by atomic mass is 10.1. The zero-order valence-electron chi connectivity index (χ0n) is 12.4. The zero-order chi connectivity index (χ0) is 15.6. The van der Waals surface area contributed by atoms with Crippen molar-refractivity contribution in [2.24, 2.45) is 0 Å². The molecular weight excluding hydrogens is 292 g/mol. The molecule has 0 saturated carbocycles. The van der Waals surface area contributed by atoms with Crippen molar-refractivity contribution in [1.29, 1.82) is 0 Å². The summed E-state index contributed by atoms with van der Waals surface area (Å²) in [6.45, 7) is 4.02. The highest BCUT2D eigenvalue weighted by Crippen LogP contribution is 2.46. The molecular formula is C15H19ClN2O3. The van der Waals surface area contributed by atoms with Crippen molar-refractivity contribution < 1.29 is 14.3 Å². The van der Waals surface area contributed by atoms with Gasteiger partial charge in [0.1, 0.15) is 11.8 Å². The molecule has 1 aromatic rings. The van der Waals surface area contributed by atoms with E-state index in [-0.39, 0.29) is 11.8 Å². The molecule has 2 rings (SSSR count). The van der Waals surface area contributed by atoms with Crippen LogP contribution in [0.2, 0.25) is 5.02 Å². The molecule has 21 heavy (non-hydrogen) atoms. The number of nitrogens with one attached hydrogen (secondary N) is 1. The zero-order valence-corrected chi connectivity index (χ0v) is 13.2. The minimum Gasteiger partial charge on any atom is -0.495 e. The summed E-state index contributed by atoms with van der Waals surface area (Å²) in [6.07, 6.45) is 1.83. The minimum absolute atomic E-state index is 0.167. The van der Waals surface area contributed by atoms with Gasteiger partial charge in [0.25, 0.3) is 5.91 Å². The molecule has 0 fully saturated rings. The van der Waals surface area contributed by atoms with Gasteiger partial charge in [0.15, 0.2) is 0 Å². The number of unbranched alkanes of at least 4 members (excludes halogenated alkanes) is 1. The number of carbonyl (C=O) groups excluding carboxylic acids is 2. The topological polar surface area (TPSA) is 58.6 Å². The molecule has 5 nitrogen and oxygen atoms in total. The lowest BCUT2D eigenvalue weighted by Crippen LogP contribution is -2.37. The number of hydrogen-bond acceptors (Lipinski definition) is 3. The van der Waals surface area contributed by atoms with Crippen molar-refractivity contribution in [3.63, 3.8) is 0 Å². The van der Waals surface area contributed by atoms with E-state index in [1.54, 1.807) is 24.1 Å². The predicted octanol–water partition coefficient (Wildman–Crippen LogP) is 2.67. The number of halogens is 1. The van der Waals surface area contributed by atoms with Gasteiger partial charge in [0.05, 0.1) is 12.8 Å². The van der Waals surface area contributed by atoms with Gasteiger partial charge < -0.3 is 15.0 Å². The average molecular weight is 311 g/mol. The maximum absolute atomic E-state index is 12.6. The Morgan fingerprint density at radius 1 is 1.48 bits per heavy atom. The summed E-state index contributed by atoms with van der Waals surface area (Å²) in [5, 5.41) is 3.13. The first-order valence-corrected chi connectivity index (χ1v) is 7.33. The lowest BCUT2D eigenvalue weighted by molar-refractivity contribution is -0.126. The minimum atomic E-state index is -0.739. The third-order valence-electron chi connectivity index (χ3n) is 3.50. The fourth-order valence-corrected chi connectivity index (χ4v) is 2.81. The van der Waals surface area contributed by atoms with Crippen LogP contribution in [-0.2, 0) is 9.59 Å². The van der Waals surface area contributed by atoms with Gasteiger partial charge in [0.2, 0.25) is 5.91 Å². The third-order valence-corrected chi connectivity index (χ3v) is 3.83. The SMILES string of the molecule is CCCCN1C(=O)[C@@H](NC(C)=O)c2c(Cl)ccc(OC)c21. The summed E-state index contributed by atoms with van der Waals surface area (Å²) in [7, 11) is 1.55. The number of benzene rings is 1. The van der Waals surface area contributed by atoms with Crippen LogP contribution in [0, 0.1) is 0 Å². The third kappa shape index (κ3) is 2.83. The van der Waals surface area contributed by atoms with Gasteiger partial charge in [-0.2, -0.15) is 0 Å². The maximum atomic E-state index is 12.6. The van der Waals surface area contributed by atoms with E-state index in [2.05, 4.69) is 12.2 Å². The van der Waals surface area contributed by atoms with Crippen molar-refractivity contribution in [2.75, 3.05) is 18.6 Å². The van der Waals surface area contributed by atoms with E-state index in [4.69, 9.17) is 16.3 Å².